The monoisotopic (exact) mass is 313 g/mol. The Morgan fingerprint density at radius 1 is 1.29 bits per heavy atom. The minimum atomic E-state index is -0.491. The Morgan fingerprint density at radius 2 is 1.90 bits per heavy atom. The summed E-state index contributed by atoms with van der Waals surface area (Å²) in [6.07, 6.45) is 2.53. The maximum atomic E-state index is 10.2. The van der Waals surface area contributed by atoms with Crippen LogP contribution in [0, 0.1) is 0 Å². The molecule has 2 atom stereocenters. The third-order valence-corrected chi connectivity index (χ3v) is 4.14. The van der Waals surface area contributed by atoms with Gasteiger partial charge in [0, 0.05) is 18.6 Å². The minimum absolute atomic E-state index is 0. The second-order valence-electron chi connectivity index (χ2n) is 5.91. The zero-order valence-electron chi connectivity index (χ0n) is 12.7. The molecule has 0 aliphatic carbocycles. The Labute approximate surface area is 134 Å². The van der Waals surface area contributed by atoms with Gasteiger partial charge in [0.15, 0.2) is 0 Å². The maximum Gasteiger partial charge on any atom is 0.0818 e. The zero-order valence-corrected chi connectivity index (χ0v) is 13.6. The van der Waals surface area contributed by atoms with Crippen LogP contribution in [0.5, 0.6) is 0 Å². The highest BCUT2D eigenvalue weighted by atomic mass is 35.5. The Kier molecular flexibility index (Phi) is 8.22. The largest absolute Gasteiger partial charge is 0.390 e. The zero-order chi connectivity index (χ0) is 14.4. The molecule has 120 valence electrons. The molecule has 4 N–H and O–H groups in total. The van der Waals surface area contributed by atoms with E-state index in [9.17, 15) is 5.11 Å². The third kappa shape index (κ3) is 6.32. The van der Waals surface area contributed by atoms with Crippen molar-refractivity contribution in [3.63, 3.8) is 0 Å². The van der Waals surface area contributed by atoms with E-state index in [0.717, 1.165) is 32.4 Å². The third-order valence-electron chi connectivity index (χ3n) is 4.14. The van der Waals surface area contributed by atoms with E-state index in [1.54, 1.807) is 0 Å². The van der Waals surface area contributed by atoms with Crippen molar-refractivity contribution in [3.05, 3.63) is 35.9 Å². The number of aliphatic hydroxyl groups excluding tert-OH is 1. The van der Waals surface area contributed by atoms with E-state index in [1.807, 2.05) is 18.2 Å². The van der Waals surface area contributed by atoms with Gasteiger partial charge in [-0.3, -0.25) is 0 Å². The summed E-state index contributed by atoms with van der Waals surface area (Å²) in [7, 11) is 2.15. The molecule has 0 aromatic heterocycles. The number of nitrogens with one attached hydrogen (secondary N) is 1. The number of rotatable bonds is 6. The second kappa shape index (κ2) is 9.38. The molecule has 1 fully saturated rings. The summed E-state index contributed by atoms with van der Waals surface area (Å²) in [5.41, 5.74) is 7.27. The lowest BCUT2D eigenvalue weighted by Gasteiger charge is -2.31. The van der Waals surface area contributed by atoms with E-state index >= 15 is 0 Å². The average molecular weight is 314 g/mol. The predicted molar refractivity (Wildman–Crippen MR) is 89.9 cm³/mol. The van der Waals surface area contributed by atoms with Crippen LogP contribution in [0.25, 0.3) is 0 Å². The summed E-state index contributed by atoms with van der Waals surface area (Å²) in [6, 6.07) is 10.4. The number of halogens is 1. The fourth-order valence-electron chi connectivity index (χ4n) is 2.67. The Hall–Kier alpha value is -0.650. The number of benzene rings is 1. The number of nitrogens with two attached hydrogens (primary N) is 1. The summed E-state index contributed by atoms with van der Waals surface area (Å²) in [6.45, 7) is 2.84. The fourth-order valence-corrected chi connectivity index (χ4v) is 2.67. The normalized spacial score (nSPS) is 19.8. The van der Waals surface area contributed by atoms with Gasteiger partial charge in [-0.1, -0.05) is 30.3 Å². The quantitative estimate of drug-likeness (QED) is 0.734. The van der Waals surface area contributed by atoms with E-state index in [0.29, 0.717) is 12.6 Å². The van der Waals surface area contributed by atoms with Gasteiger partial charge in [0.25, 0.3) is 0 Å². The highest BCUT2D eigenvalue weighted by Crippen LogP contribution is 2.09. The minimum Gasteiger partial charge on any atom is -0.390 e. The number of likely N-dealkylation sites (tertiary alicyclic amines) is 1. The molecule has 0 amide bonds. The van der Waals surface area contributed by atoms with Crippen molar-refractivity contribution < 1.29 is 5.11 Å². The topological polar surface area (TPSA) is 61.5 Å². The van der Waals surface area contributed by atoms with Crippen molar-refractivity contribution in [1.29, 1.82) is 0 Å². The summed E-state index contributed by atoms with van der Waals surface area (Å²) in [4.78, 5) is 2.34. The molecule has 0 radical (unpaired) electrons. The number of hydrogen-bond donors (Lipinski definition) is 3. The van der Waals surface area contributed by atoms with Gasteiger partial charge in [-0.25, -0.2) is 0 Å². The molecular formula is C16H28ClN3O. The van der Waals surface area contributed by atoms with Crippen LogP contribution in [-0.4, -0.2) is 54.9 Å². The average Bonchev–Trinajstić information content (AvgIpc) is 2.47. The summed E-state index contributed by atoms with van der Waals surface area (Å²) in [5, 5.41) is 13.6. The SMILES string of the molecule is CN1CCC(NC[C@@H](O)[C@@H](N)Cc2ccccc2)CC1.Cl. The van der Waals surface area contributed by atoms with Crippen LogP contribution >= 0.6 is 12.4 Å². The van der Waals surface area contributed by atoms with Crippen molar-refractivity contribution >= 4 is 12.4 Å². The molecule has 1 aromatic rings. The lowest BCUT2D eigenvalue weighted by Crippen LogP contribution is -2.48. The van der Waals surface area contributed by atoms with Gasteiger partial charge in [0.2, 0.25) is 0 Å². The molecule has 1 heterocycles. The van der Waals surface area contributed by atoms with E-state index in [-0.39, 0.29) is 18.4 Å². The molecule has 1 aromatic carbocycles. The standard InChI is InChI=1S/C16H27N3O.ClH/c1-19-9-7-14(8-10-19)18-12-16(20)15(17)11-13-5-3-2-4-6-13;/h2-6,14-16,18,20H,7-12,17H2,1H3;1H/t15-,16+;/m0./s1. The van der Waals surface area contributed by atoms with Crippen molar-refractivity contribution in [3.8, 4) is 0 Å². The van der Waals surface area contributed by atoms with Gasteiger partial charge in [0.05, 0.1) is 6.10 Å². The first-order valence-electron chi connectivity index (χ1n) is 7.54. The van der Waals surface area contributed by atoms with E-state index in [4.69, 9.17) is 5.73 Å². The Bertz CT molecular complexity index is 382. The van der Waals surface area contributed by atoms with Crippen molar-refractivity contribution in [2.24, 2.45) is 5.73 Å². The van der Waals surface area contributed by atoms with E-state index < -0.39 is 6.10 Å². The van der Waals surface area contributed by atoms with Crippen LogP contribution in [0.15, 0.2) is 30.3 Å². The molecular weight excluding hydrogens is 286 g/mol. The molecule has 1 saturated heterocycles. The molecule has 0 spiro atoms. The van der Waals surface area contributed by atoms with Crippen LogP contribution in [0.1, 0.15) is 18.4 Å². The molecule has 1 aliphatic heterocycles. The second-order valence-corrected chi connectivity index (χ2v) is 5.91. The van der Waals surface area contributed by atoms with E-state index in [2.05, 4.69) is 29.4 Å². The first kappa shape index (κ1) is 18.4. The highest BCUT2D eigenvalue weighted by Gasteiger charge is 2.19. The lowest BCUT2D eigenvalue weighted by molar-refractivity contribution is 0.130. The van der Waals surface area contributed by atoms with Gasteiger partial charge in [-0.15, -0.1) is 12.4 Å². The smallest absolute Gasteiger partial charge is 0.0818 e. The molecule has 21 heavy (non-hydrogen) atoms. The molecule has 0 saturated carbocycles. The first-order chi connectivity index (χ1) is 9.65. The Balaban J connectivity index is 0.00000220. The van der Waals surface area contributed by atoms with Crippen LogP contribution < -0.4 is 11.1 Å². The number of hydrogen-bond acceptors (Lipinski definition) is 4. The molecule has 2 rings (SSSR count). The predicted octanol–water partition coefficient (Wildman–Crippen LogP) is 1.02. The van der Waals surface area contributed by atoms with Crippen LogP contribution in [0.3, 0.4) is 0 Å². The highest BCUT2D eigenvalue weighted by molar-refractivity contribution is 5.85. The van der Waals surface area contributed by atoms with Gasteiger partial charge in [0.1, 0.15) is 0 Å². The van der Waals surface area contributed by atoms with Crippen LogP contribution in [-0.2, 0) is 6.42 Å². The lowest BCUT2D eigenvalue weighted by atomic mass is 10.0. The van der Waals surface area contributed by atoms with E-state index in [1.165, 1.54) is 5.56 Å². The van der Waals surface area contributed by atoms with Crippen molar-refractivity contribution in [2.45, 2.75) is 37.5 Å². The van der Waals surface area contributed by atoms with Crippen molar-refractivity contribution in [2.75, 3.05) is 26.7 Å². The first-order valence-corrected chi connectivity index (χ1v) is 7.54. The summed E-state index contributed by atoms with van der Waals surface area (Å²) >= 11 is 0. The number of nitrogens with zero attached hydrogens (tertiary/aromatic N) is 1. The van der Waals surface area contributed by atoms with Gasteiger partial charge < -0.3 is 21.1 Å². The van der Waals surface area contributed by atoms with Crippen LogP contribution in [0.4, 0.5) is 0 Å². The molecule has 4 nitrogen and oxygen atoms in total. The van der Waals surface area contributed by atoms with Gasteiger partial charge in [-0.2, -0.15) is 0 Å². The van der Waals surface area contributed by atoms with Gasteiger partial charge >= 0.3 is 0 Å². The molecule has 5 heteroatoms. The number of piperidine rings is 1. The summed E-state index contributed by atoms with van der Waals surface area (Å²) in [5.74, 6) is 0. The molecule has 0 unspecified atom stereocenters. The Morgan fingerprint density at radius 3 is 2.52 bits per heavy atom. The van der Waals surface area contributed by atoms with Crippen LogP contribution in [0.2, 0.25) is 0 Å². The molecule has 0 bridgehead atoms. The fraction of sp³-hybridized carbons (Fsp3) is 0.625. The van der Waals surface area contributed by atoms with Crippen molar-refractivity contribution in [1.82, 2.24) is 10.2 Å². The maximum absolute atomic E-state index is 10.2. The molecule has 1 aliphatic rings. The summed E-state index contributed by atoms with van der Waals surface area (Å²) < 4.78 is 0. The van der Waals surface area contributed by atoms with Gasteiger partial charge in [-0.05, 0) is 45.0 Å². The number of aliphatic hydroxyl groups is 1.